The number of rotatable bonds is 6. The molecule has 2 aliphatic heterocycles. The number of nitrogens with one attached hydrogen (secondary N) is 1. The van der Waals surface area contributed by atoms with Crippen molar-refractivity contribution in [2.75, 3.05) is 39.9 Å². The summed E-state index contributed by atoms with van der Waals surface area (Å²) >= 11 is 13.4. The van der Waals surface area contributed by atoms with Gasteiger partial charge in [-0.1, -0.05) is 59.6 Å². The molecule has 3 aromatic rings. The van der Waals surface area contributed by atoms with E-state index in [0.29, 0.717) is 29.0 Å². The number of hydrogen-bond donors (Lipinski definition) is 2. The summed E-state index contributed by atoms with van der Waals surface area (Å²) in [5.74, 6) is 0.623. The number of aryl methyl sites for hydroxylation is 1. The van der Waals surface area contributed by atoms with Crippen molar-refractivity contribution in [1.82, 2.24) is 20.1 Å². The molecule has 9 heteroatoms. The van der Waals surface area contributed by atoms with Crippen molar-refractivity contribution in [1.29, 1.82) is 0 Å². The van der Waals surface area contributed by atoms with Gasteiger partial charge in [-0.3, -0.25) is 4.90 Å². The minimum atomic E-state index is -0.276. The summed E-state index contributed by atoms with van der Waals surface area (Å²) in [6.45, 7) is 2.60. The first-order valence-electron chi connectivity index (χ1n) is 13.0. The lowest BCUT2D eigenvalue weighted by Crippen LogP contribution is -2.46. The predicted octanol–water partition coefficient (Wildman–Crippen LogP) is 5.18. The number of urea groups is 1. The van der Waals surface area contributed by atoms with Crippen molar-refractivity contribution in [2.45, 2.75) is 30.8 Å². The van der Waals surface area contributed by atoms with Crippen molar-refractivity contribution < 1.29 is 14.6 Å². The standard InChI is InChI=1S/C29H30Cl2N4O3/c1-38-27-25-18(9-10-24(25)34-12-11-29(16-34)17-35(13-14-36)28(37)33-29)15-23(32-27)21-7-4-6-20(26(21)31)19-5-2-3-8-22(19)30/h2-8,15,24,36H,9-14,16-17H2,1H3,(H,33,37). The third-order valence-electron chi connectivity index (χ3n) is 8.11. The van der Waals surface area contributed by atoms with Gasteiger partial charge < -0.3 is 20.1 Å². The van der Waals surface area contributed by atoms with E-state index in [-0.39, 0.29) is 24.2 Å². The van der Waals surface area contributed by atoms with Gasteiger partial charge in [-0.2, -0.15) is 0 Å². The first-order chi connectivity index (χ1) is 18.4. The van der Waals surface area contributed by atoms with Gasteiger partial charge in [0.1, 0.15) is 0 Å². The number of carbonyl (C=O) groups excluding carboxylic acids is 1. The van der Waals surface area contributed by atoms with Crippen molar-refractivity contribution in [2.24, 2.45) is 0 Å². The van der Waals surface area contributed by atoms with E-state index in [1.807, 2.05) is 42.5 Å². The summed E-state index contributed by atoms with van der Waals surface area (Å²) in [4.78, 5) is 21.5. The van der Waals surface area contributed by atoms with Gasteiger partial charge in [0.15, 0.2) is 0 Å². The molecule has 0 radical (unpaired) electrons. The smallest absolute Gasteiger partial charge is 0.318 e. The van der Waals surface area contributed by atoms with Crippen LogP contribution in [0, 0.1) is 0 Å². The second-order valence-corrected chi connectivity index (χ2v) is 11.2. The zero-order valence-corrected chi connectivity index (χ0v) is 22.7. The van der Waals surface area contributed by atoms with E-state index >= 15 is 0 Å². The van der Waals surface area contributed by atoms with Crippen LogP contribution < -0.4 is 10.1 Å². The van der Waals surface area contributed by atoms with Crippen molar-refractivity contribution >= 4 is 29.2 Å². The van der Waals surface area contributed by atoms with E-state index in [1.165, 1.54) is 5.56 Å². The minimum Gasteiger partial charge on any atom is -0.481 e. The molecule has 198 valence electrons. The Morgan fingerprint density at radius 2 is 1.92 bits per heavy atom. The minimum absolute atomic E-state index is 0.0280. The monoisotopic (exact) mass is 552 g/mol. The van der Waals surface area contributed by atoms with Crippen molar-refractivity contribution in [3.63, 3.8) is 0 Å². The molecule has 1 aliphatic carbocycles. The molecule has 2 atom stereocenters. The second kappa shape index (κ2) is 10.0. The van der Waals surface area contributed by atoms with Gasteiger partial charge in [-0.15, -0.1) is 0 Å². The lowest BCUT2D eigenvalue weighted by molar-refractivity contribution is 0.193. The quantitative estimate of drug-likeness (QED) is 0.440. The molecule has 1 aromatic heterocycles. The molecule has 0 saturated carbocycles. The van der Waals surface area contributed by atoms with Gasteiger partial charge >= 0.3 is 6.03 Å². The molecule has 2 N–H and O–H groups in total. The first kappa shape index (κ1) is 25.4. The second-order valence-electron chi connectivity index (χ2n) is 10.4. The maximum Gasteiger partial charge on any atom is 0.318 e. The molecule has 3 heterocycles. The van der Waals surface area contributed by atoms with Gasteiger partial charge in [0.2, 0.25) is 5.88 Å². The summed E-state index contributed by atoms with van der Waals surface area (Å²) in [6, 6.07) is 15.8. The molecule has 6 rings (SSSR count). The Labute approximate surface area is 232 Å². The van der Waals surface area contributed by atoms with Crippen molar-refractivity contribution in [3.8, 4) is 28.3 Å². The molecule has 2 aromatic carbocycles. The Morgan fingerprint density at radius 1 is 1.13 bits per heavy atom. The average molecular weight is 553 g/mol. The van der Waals surface area contributed by atoms with E-state index in [0.717, 1.165) is 60.3 Å². The predicted molar refractivity (Wildman–Crippen MR) is 149 cm³/mol. The van der Waals surface area contributed by atoms with Gasteiger partial charge in [0, 0.05) is 59.5 Å². The maximum atomic E-state index is 12.4. The normalized spacial score (nSPS) is 22.8. The van der Waals surface area contributed by atoms with Gasteiger partial charge in [0.05, 0.1) is 30.0 Å². The summed E-state index contributed by atoms with van der Waals surface area (Å²) < 4.78 is 5.86. The number of halogens is 2. The number of β-amino-alcohol motifs (C(OH)–C–C–N with tert-alkyl or cyclic N) is 1. The highest BCUT2D eigenvalue weighted by molar-refractivity contribution is 6.38. The van der Waals surface area contributed by atoms with Crippen LogP contribution in [-0.4, -0.2) is 71.4 Å². The zero-order valence-electron chi connectivity index (χ0n) is 21.2. The topological polar surface area (TPSA) is 77.9 Å². The fourth-order valence-corrected chi connectivity index (χ4v) is 6.91. The van der Waals surface area contributed by atoms with Crippen LogP contribution in [0.2, 0.25) is 10.0 Å². The Bertz CT molecular complexity index is 1400. The molecule has 2 fully saturated rings. The molecule has 7 nitrogen and oxygen atoms in total. The molecule has 2 saturated heterocycles. The Hall–Kier alpha value is -2.84. The van der Waals surface area contributed by atoms with Crippen LogP contribution >= 0.6 is 23.2 Å². The van der Waals surface area contributed by atoms with Gasteiger partial charge in [-0.05, 0) is 37.0 Å². The summed E-state index contributed by atoms with van der Waals surface area (Å²) in [7, 11) is 1.67. The largest absolute Gasteiger partial charge is 0.481 e. The number of carbonyl (C=O) groups is 1. The highest BCUT2D eigenvalue weighted by Crippen LogP contribution is 2.46. The number of aliphatic hydroxyl groups is 1. The SMILES string of the molecule is COc1nc(-c2cccc(-c3ccccc3Cl)c2Cl)cc2c1C(N1CCC3(CN(CCO)C(=O)N3)C1)CC2. The summed E-state index contributed by atoms with van der Waals surface area (Å²) in [5, 5.41) is 13.8. The fourth-order valence-electron chi connectivity index (χ4n) is 6.34. The van der Waals surface area contributed by atoms with Crippen LogP contribution in [0.25, 0.3) is 22.4 Å². The van der Waals surface area contributed by atoms with Crippen LogP contribution in [0.15, 0.2) is 48.5 Å². The average Bonchev–Trinajstić information content (AvgIpc) is 3.61. The molecule has 3 aliphatic rings. The number of fused-ring (bicyclic) bond motifs is 1. The number of hydrogen-bond acceptors (Lipinski definition) is 5. The van der Waals surface area contributed by atoms with E-state index in [9.17, 15) is 9.90 Å². The maximum absolute atomic E-state index is 12.4. The number of nitrogens with zero attached hydrogens (tertiary/aromatic N) is 3. The Morgan fingerprint density at radius 3 is 2.71 bits per heavy atom. The summed E-state index contributed by atoms with van der Waals surface area (Å²) in [5.41, 5.74) is 5.44. The lowest BCUT2D eigenvalue weighted by atomic mass is 9.99. The number of pyridine rings is 1. The molecular formula is C29H30Cl2N4O3. The number of amides is 2. The van der Waals surface area contributed by atoms with Crippen LogP contribution in [-0.2, 0) is 6.42 Å². The Kier molecular flexibility index (Phi) is 6.72. The zero-order chi connectivity index (χ0) is 26.4. The summed E-state index contributed by atoms with van der Waals surface area (Å²) in [6.07, 6.45) is 2.76. The molecule has 2 unspecified atom stereocenters. The first-order valence-corrected chi connectivity index (χ1v) is 13.7. The third-order valence-corrected chi connectivity index (χ3v) is 8.85. The van der Waals surface area contributed by atoms with Crippen LogP contribution in [0.3, 0.4) is 0 Å². The lowest BCUT2D eigenvalue weighted by Gasteiger charge is -2.28. The van der Waals surface area contributed by atoms with E-state index in [1.54, 1.807) is 12.0 Å². The molecule has 0 bridgehead atoms. The highest BCUT2D eigenvalue weighted by Gasteiger charge is 2.49. The van der Waals surface area contributed by atoms with Crippen molar-refractivity contribution in [3.05, 3.63) is 69.7 Å². The Balaban J connectivity index is 1.30. The highest BCUT2D eigenvalue weighted by atomic mass is 35.5. The van der Waals surface area contributed by atoms with Crippen LogP contribution in [0.4, 0.5) is 4.79 Å². The molecular weight excluding hydrogens is 523 g/mol. The van der Waals surface area contributed by atoms with Gasteiger partial charge in [0.25, 0.3) is 0 Å². The third kappa shape index (κ3) is 4.31. The van der Waals surface area contributed by atoms with Crippen LogP contribution in [0.5, 0.6) is 5.88 Å². The number of benzene rings is 2. The van der Waals surface area contributed by atoms with E-state index < -0.39 is 0 Å². The van der Waals surface area contributed by atoms with E-state index in [4.69, 9.17) is 32.9 Å². The number of aromatic nitrogens is 1. The van der Waals surface area contributed by atoms with Crippen LogP contribution in [0.1, 0.15) is 30.0 Å². The van der Waals surface area contributed by atoms with Gasteiger partial charge in [-0.25, -0.2) is 9.78 Å². The number of aliphatic hydroxyl groups excluding tert-OH is 1. The molecule has 1 spiro atoms. The number of methoxy groups -OCH3 is 1. The number of likely N-dealkylation sites (tertiary alicyclic amines) is 1. The fraction of sp³-hybridized carbons (Fsp3) is 0.379. The van der Waals surface area contributed by atoms with E-state index in [2.05, 4.69) is 16.3 Å². The molecule has 38 heavy (non-hydrogen) atoms. The molecule has 2 amide bonds. The number of ether oxygens (including phenoxy) is 1.